The fraction of sp³-hybridized carbons (Fsp3) is 0.450. The highest BCUT2D eigenvalue weighted by Gasteiger charge is 2.14. The number of nitrogens with zero attached hydrogens (tertiary/aromatic N) is 2. The van der Waals surface area contributed by atoms with Crippen molar-refractivity contribution >= 4 is 11.9 Å². The Hall–Kier alpha value is -2.87. The van der Waals surface area contributed by atoms with Crippen LogP contribution >= 0.6 is 0 Å². The van der Waals surface area contributed by atoms with Gasteiger partial charge in [-0.15, -0.1) is 0 Å². The molecule has 0 atom stereocenters. The van der Waals surface area contributed by atoms with E-state index in [2.05, 4.69) is 20.6 Å². The number of carbonyl (C=O) groups is 1. The van der Waals surface area contributed by atoms with Gasteiger partial charge in [0.2, 0.25) is 12.7 Å². The molecule has 1 aliphatic rings. The van der Waals surface area contributed by atoms with E-state index in [1.807, 2.05) is 32.0 Å². The number of ether oxygens (including phenoxy) is 3. The maximum Gasteiger partial charge on any atom is 0.254 e. The standard InChI is InChI=1S/C20H26N4O4/c1-13(2)26-8-4-7-21-19(25)16-11-23-20(24-14(16)3)22-10-15-5-6-17-18(9-15)28-12-27-17/h5-6,9,11,13H,4,7-8,10,12H2,1-3H3,(H,21,25)(H,22,23,24). The van der Waals surface area contributed by atoms with Crippen LogP contribution in [0, 0.1) is 6.92 Å². The molecular formula is C20H26N4O4. The molecule has 2 N–H and O–H groups in total. The minimum atomic E-state index is -0.177. The van der Waals surface area contributed by atoms with Crippen LogP contribution in [0.2, 0.25) is 0 Å². The van der Waals surface area contributed by atoms with E-state index in [1.54, 1.807) is 13.1 Å². The molecule has 0 saturated heterocycles. The predicted molar refractivity (Wildman–Crippen MR) is 105 cm³/mol. The average molecular weight is 386 g/mol. The first kappa shape index (κ1) is 19.9. The van der Waals surface area contributed by atoms with E-state index in [4.69, 9.17) is 14.2 Å². The quantitative estimate of drug-likeness (QED) is 0.640. The van der Waals surface area contributed by atoms with Crippen molar-refractivity contribution in [3.63, 3.8) is 0 Å². The summed E-state index contributed by atoms with van der Waals surface area (Å²) in [6, 6.07) is 5.76. The number of hydrogen-bond donors (Lipinski definition) is 2. The first-order valence-corrected chi connectivity index (χ1v) is 9.39. The van der Waals surface area contributed by atoms with E-state index in [0.29, 0.717) is 36.9 Å². The van der Waals surface area contributed by atoms with Gasteiger partial charge in [-0.05, 0) is 44.9 Å². The van der Waals surface area contributed by atoms with Crippen LogP contribution in [0.1, 0.15) is 41.9 Å². The molecule has 2 aromatic rings. The van der Waals surface area contributed by atoms with Crippen molar-refractivity contribution in [2.75, 3.05) is 25.3 Å². The third-order valence-electron chi connectivity index (χ3n) is 4.17. The van der Waals surface area contributed by atoms with Crippen molar-refractivity contribution in [2.45, 2.75) is 39.8 Å². The van der Waals surface area contributed by atoms with Crippen LogP contribution in [0.3, 0.4) is 0 Å². The Balaban J connectivity index is 1.50. The second-order valence-corrected chi connectivity index (χ2v) is 6.76. The Morgan fingerprint density at radius 1 is 1.29 bits per heavy atom. The SMILES string of the molecule is Cc1nc(NCc2ccc3c(c2)OCO3)ncc1C(=O)NCCCOC(C)C. The molecule has 0 saturated carbocycles. The maximum atomic E-state index is 12.3. The van der Waals surface area contributed by atoms with Gasteiger partial charge in [-0.2, -0.15) is 0 Å². The number of carbonyl (C=O) groups excluding carboxylic acids is 1. The lowest BCUT2D eigenvalue weighted by Crippen LogP contribution is -2.27. The van der Waals surface area contributed by atoms with Crippen molar-refractivity contribution in [1.29, 1.82) is 0 Å². The van der Waals surface area contributed by atoms with Gasteiger partial charge in [0, 0.05) is 25.9 Å². The summed E-state index contributed by atoms with van der Waals surface area (Å²) in [5.74, 6) is 1.78. The summed E-state index contributed by atoms with van der Waals surface area (Å²) in [5.41, 5.74) is 2.12. The molecule has 2 heterocycles. The third-order valence-corrected chi connectivity index (χ3v) is 4.17. The molecule has 1 aromatic heterocycles. The van der Waals surface area contributed by atoms with Gasteiger partial charge in [0.15, 0.2) is 11.5 Å². The molecule has 28 heavy (non-hydrogen) atoms. The smallest absolute Gasteiger partial charge is 0.254 e. The molecule has 0 unspecified atom stereocenters. The largest absolute Gasteiger partial charge is 0.454 e. The van der Waals surface area contributed by atoms with E-state index >= 15 is 0 Å². The molecule has 1 aromatic carbocycles. The number of aromatic nitrogens is 2. The van der Waals surface area contributed by atoms with Crippen LogP contribution in [-0.4, -0.2) is 41.9 Å². The summed E-state index contributed by atoms with van der Waals surface area (Å²) in [6.07, 6.45) is 2.51. The Kier molecular flexibility index (Phi) is 6.65. The monoisotopic (exact) mass is 386 g/mol. The number of rotatable bonds is 9. The molecule has 0 bridgehead atoms. The van der Waals surface area contributed by atoms with Gasteiger partial charge in [-0.1, -0.05) is 6.07 Å². The minimum absolute atomic E-state index is 0.177. The van der Waals surface area contributed by atoms with E-state index < -0.39 is 0 Å². The average Bonchev–Trinajstić information content (AvgIpc) is 3.13. The van der Waals surface area contributed by atoms with Crippen molar-refractivity contribution in [3.05, 3.63) is 41.2 Å². The Labute approximate surface area is 164 Å². The Bertz CT molecular complexity index is 826. The lowest BCUT2D eigenvalue weighted by molar-refractivity contribution is 0.0757. The van der Waals surface area contributed by atoms with Gasteiger partial charge in [-0.3, -0.25) is 4.79 Å². The zero-order valence-electron chi connectivity index (χ0n) is 16.4. The second-order valence-electron chi connectivity index (χ2n) is 6.76. The Morgan fingerprint density at radius 3 is 2.89 bits per heavy atom. The number of hydrogen-bond acceptors (Lipinski definition) is 7. The summed E-state index contributed by atoms with van der Waals surface area (Å²) >= 11 is 0. The number of anilines is 1. The van der Waals surface area contributed by atoms with Crippen LogP contribution in [0.15, 0.2) is 24.4 Å². The summed E-state index contributed by atoms with van der Waals surface area (Å²) in [5, 5.41) is 6.03. The first-order chi connectivity index (χ1) is 13.5. The van der Waals surface area contributed by atoms with E-state index in [1.165, 1.54) is 0 Å². The van der Waals surface area contributed by atoms with Gasteiger partial charge < -0.3 is 24.8 Å². The fourth-order valence-corrected chi connectivity index (χ4v) is 2.70. The molecular weight excluding hydrogens is 360 g/mol. The lowest BCUT2D eigenvalue weighted by atomic mass is 10.2. The predicted octanol–water partition coefficient (Wildman–Crippen LogP) is 2.67. The maximum absolute atomic E-state index is 12.3. The van der Waals surface area contributed by atoms with Crippen molar-refractivity contribution in [2.24, 2.45) is 0 Å². The minimum Gasteiger partial charge on any atom is -0.454 e. The third kappa shape index (κ3) is 5.32. The molecule has 3 rings (SSSR count). The highest BCUT2D eigenvalue weighted by Crippen LogP contribution is 2.32. The summed E-state index contributed by atoms with van der Waals surface area (Å²) in [4.78, 5) is 20.9. The summed E-state index contributed by atoms with van der Waals surface area (Å²) in [7, 11) is 0. The van der Waals surface area contributed by atoms with Gasteiger partial charge in [0.25, 0.3) is 5.91 Å². The number of amides is 1. The fourth-order valence-electron chi connectivity index (χ4n) is 2.70. The molecule has 0 fully saturated rings. The van der Waals surface area contributed by atoms with Gasteiger partial charge >= 0.3 is 0 Å². The van der Waals surface area contributed by atoms with Crippen molar-refractivity contribution < 1.29 is 19.0 Å². The summed E-state index contributed by atoms with van der Waals surface area (Å²) < 4.78 is 16.1. The van der Waals surface area contributed by atoms with Gasteiger partial charge in [0.1, 0.15) is 0 Å². The highest BCUT2D eigenvalue weighted by molar-refractivity contribution is 5.94. The molecule has 8 heteroatoms. The zero-order valence-corrected chi connectivity index (χ0v) is 16.4. The normalized spacial score (nSPS) is 12.3. The number of aryl methyl sites for hydroxylation is 1. The van der Waals surface area contributed by atoms with Gasteiger partial charge in [0.05, 0.1) is 17.4 Å². The van der Waals surface area contributed by atoms with E-state index in [0.717, 1.165) is 23.5 Å². The van der Waals surface area contributed by atoms with Crippen LogP contribution in [0.5, 0.6) is 11.5 Å². The molecule has 8 nitrogen and oxygen atoms in total. The van der Waals surface area contributed by atoms with Crippen molar-refractivity contribution in [3.8, 4) is 11.5 Å². The second kappa shape index (κ2) is 9.36. The Morgan fingerprint density at radius 2 is 2.11 bits per heavy atom. The van der Waals surface area contributed by atoms with Crippen LogP contribution in [0.25, 0.3) is 0 Å². The highest BCUT2D eigenvalue weighted by atomic mass is 16.7. The van der Waals surface area contributed by atoms with E-state index in [9.17, 15) is 4.79 Å². The van der Waals surface area contributed by atoms with Crippen LogP contribution in [-0.2, 0) is 11.3 Å². The van der Waals surface area contributed by atoms with E-state index in [-0.39, 0.29) is 18.8 Å². The van der Waals surface area contributed by atoms with Crippen LogP contribution in [0.4, 0.5) is 5.95 Å². The topological polar surface area (TPSA) is 94.6 Å². The number of fused-ring (bicyclic) bond motifs is 1. The molecule has 0 spiro atoms. The first-order valence-electron chi connectivity index (χ1n) is 9.39. The van der Waals surface area contributed by atoms with Crippen LogP contribution < -0.4 is 20.1 Å². The molecule has 150 valence electrons. The number of nitrogens with one attached hydrogen (secondary N) is 2. The lowest BCUT2D eigenvalue weighted by Gasteiger charge is -2.10. The molecule has 0 radical (unpaired) electrons. The summed E-state index contributed by atoms with van der Waals surface area (Å²) in [6.45, 7) is 7.73. The van der Waals surface area contributed by atoms with Crippen molar-refractivity contribution in [1.82, 2.24) is 15.3 Å². The zero-order chi connectivity index (χ0) is 19.9. The molecule has 1 amide bonds. The van der Waals surface area contributed by atoms with Gasteiger partial charge in [-0.25, -0.2) is 9.97 Å². The number of benzene rings is 1. The molecule has 0 aliphatic carbocycles. The molecule has 1 aliphatic heterocycles.